The monoisotopic (exact) mass is 1030 g/mol. The topological polar surface area (TPSA) is 169 Å². The molecule has 0 aromatic heterocycles. The standard InChI is InChI=1S/C62H123NO9/c1-3-5-7-9-11-13-15-17-19-21-22-23-24-25-26-27-28-29-30-31-32-33-34-35-37-39-41-43-45-47-49-51-56(66)61(70)63-54(53-71-62-60(69)59(68)58(67)57(52-64)72-62)55(65)50-48-46-44-42-40-38-36-20-18-16-14-12-10-8-6-4-2/h54-60,62,64-69H,3-53H2,1-2H3,(H,63,70). The first-order valence-electron chi connectivity index (χ1n) is 31.8. The molecule has 1 saturated heterocycles. The summed E-state index contributed by atoms with van der Waals surface area (Å²) in [5.41, 5.74) is 0. The van der Waals surface area contributed by atoms with Crippen LogP contribution in [0, 0.1) is 0 Å². The van der Waals surface area contributed by atoms with Crippen LogP contribution in [0.3, 0.4) is 0 Å². The second kappa shape index (κ2) is 52.2. The second-order valence-corrected chi connectivity index (χ2v) is 22.7. The molecule has 1 fully saturated rings. The molecule has 8 unspecified atom stereocenters. The van der Waals surface area contributed by atoms with Crippen molar-refractivity contribution in [3.05, 3.63) is 0 Å². The van der Waals surface area contributed by atoms with Crippen molar-refractivity contribution in [2.24, 2.45) is 0 Å². The normalized spacial score (nSPS) is 19.5. The maximum atomic E-state index is 13.2. The molecule has 430 valence electrons. The summed E-state index contributed by atoms with van der Waals surface area (Å²) < 4.78 is 11.3. The number of unbranched alkanes of at least 4 members (excludes halogenated alkanes) is 45. The van der Waals surface area contributed by atoms with Gasteiger partial charge in [0.2, 0.25) is 5.91 Å². The number of hydrogen-bond acceptors (Lipinski definition) is 9. The Hall–Kier alpha value is -0.850. The third-order valence-corrected chi connectivity index (χ3v) is 15.8. The Labute approximate surface area is 445 Å². The Balaban J connectivity index is 2.13. The van der Waals surface area contributed by atoms with Crippen LogP contribution >= 0.6 is 0 Å². The van der Waals surface area contributed by atoms with E-state index in [1.54, 1.807) is 0 Å². The van der Waals surface area contributed by atoms with Gasteiger partial charge in [0, 0.05) is 0 Å². The van der Waals surface area contributed by atoms with Crippen molar-refractivity contribution >= 4 is 5.91 Å². The largest absolute Gasteiger partial charge is 0.394 e. The van der Waals surface area contributed by atoms with Crippen molar-refractivity contribution in [3.63, 3.8) is 0 Å². The zero-order chi connectivity index (χ0) is 52.4. The van der Waals surface area contributed by atoms with Gasteiger partial charge in [0.1, 0.15) is 30.5 Å². The summed E-state index contributed by atoms with van der Waals surface area (Å²) in [5.74, 6) is -0.575. The molecule has 10 heteroatoms. The van der Waals surface area contributed by atoms with E-state index in [2.05, 4.69) is 19.2 Å². The first kappa shape index (κ1) is 69.2. The van der Waals surface area contributed by atoms with Crippen LogP contribution < -0.4 is 5.32 Å². The number of hydrogen-bond donors (Lipinski definition) is 7. The summed E-state index contributed by atoms with van der Waals surface area (Å²) in [6, 6.07) is -0.890. The van der Waals surface area contributed by atoms with Crippen LogP contribution in [0.4, 0.5) is 0 Å². The molecule has 8 atom stereocenters. The Morgan fingerprint density at radius 1 is 0.417 bits per heavy atom. The van der Waals surface area contributed by atoms with Gasteiger partial charge in [0.05, 0.1) is 25.4 Å². The van der Waals surface area contributed by atoms with Gasteiger partial charge >= 0.3 is 0 Å². The summed E-state index contributed by atoms with van der Waals surface area (Å²) in [6.07, 6.45) is 53.3. The SMILES string of the molecule is CCCCCCCCCCCCCCCCCCCCCCCCCCCCCCCCCC(O)C(=O)NC(COC1OC(CO)C(O)C(O)C1O)C(O)CCCCCCCCCCCCCCCCCC. The van der Waals surface area contributed by atoms with Gasteiger partial charge in [-0.15, -0.1) is 0 Å². The maximum absolute atomic E-state index is 13.2. The van der Waals surface area contributed by atoms with Crippen LogP contribution in [0.15, 0.2) is 0 Å². The lowest BCUT2D eigenvalue weighted by molar-refractivity contribution is -0.302. The highest BCUT2D eigenvalue weighted by Gasteiger charge is 2.44. The highest BCUT2D eigenvalue weighted by atomic mass is 16.7. The number of ether oxygens (including phenoxy) is 2. The lowest BCUT2D eigenvalue weighted by atomic mass is 9.99. The molecule has 0 aromatic rings. The van der Waals surface area contributed by atoms with Crippen LogP contribution in [0.2, 0.25) is 0 Å². The van der Waals surface area contributed by atoms with Gasteiger partial charge in [0.25, 0.3) is 0 Å². The lowest BCUT2D eigenvalue weighted by Gasteiger charge is -2.40. The molecule has 10 nitrogen and oxygen atoms in total. The predicted octanol–water partition coefficient (Wildman–Crippen LogP) is 15.2. The van der Waals surface area contributed by atoms with E-state index < -0.39 is 61.5 Å². The van der Waals surface area contributed by atoms with Crippen molar-refractivity contribution in [1.82, 2.24) is 5.32 Å². The highest BCUT2D eigenvalue weighted by Crippen LogP contribution is 2.24. The molecule has 0 aliphatic carbocycles. The minimum atomic E-state index is -1.59. The van der Waals surface area contributed by atoms with E-state index in [1.165, 1.54) is 263 Å². The average molecular weight is 1030 g/mol. The summed E-state index contributed by atoms with van der Waals surface area (Å²) in [4.78, 5) is 13.2. The summed E-state index contributed by atoms with van der Waals surface area (Å²) in [7, 11) is 0. The van der Waals surface area contributed by atoms with E-state index in [0.717, 1.165) is 38.5 Å². The molecule has 7 N–H and O–H groups in total. The molecule has 0 aromatic carbocycles. The van der Waals surface area contributed by atoms with Crippen LogP contribution in [0.1, 0.15) is 328 Å². The third kappa shape index (κ3) is 40.4. The lowest BCUT2D eigenvalue weighted by Crippen LogP contribution is -2.60. The molecule has 0 radical (unpaired) electrons. The maximum Gasteiger partial charge on any atom is 0.249 e. The first-order chi connectivity index (χ1) is 35.3. The molecule has 1 rings (SSSR count). The Morgan fingerprint density at radius 3 is 0.986 bits per heavy atom. The predicted molar refractivity (Wildman–Crippen MR) is 301 cm³/mol. The van der Waals surface area contributed by atoms with Crippen LogP contribution in [0.25, 0.3) is 0 Å². The number of carbonyl (C=O) groups is 1. The molecular weight excluding hydrogens is 903 g/mol. The summed E-state index contributed by atoms with van der Waals surface area (Å²) >= 11 is 0. The molecular formula is C62H123NO9. The zero-order valence-electron chi connectivity index (χ0n) is 47.6. The van der Waals surface area contributed by atoms with Gasteiger partial charge < -0.3 is 45.4 Å². The fraction of sp³-hybridized carbons (Fsp3) is 0.984. The Kier molecular flexibility index (Phi) is 50.2. The van der Waals surface area contributed by atoms with E-state index in [9.17, 15) is 35.4 Å². The van der Waals surface area contributed by atoms with E-state index in [0.29, 0.717) is 12.8 Å². The van der Waals surface area contributed by atoms with Crippen LogP contribution in [-0.2, 0) is 14.3 Å². The van der Waals surface area contributed by atoms with Gasteiger partial charge in [-0.2, -0.15) is 0 Å². The molecule has 1 aliphatic heterocycles. The number of rotatable bonds is 56. The Morgan fingerprint density at radius 2 is 0.694 bits per heavy atom. The van der Waals surface area contributed by atoms with Crippen molar-refractivity contribution < 1.29 is 44.9 Å². The number of nitrogens with one attached hydrogen (secondary N) is 1. The quantitative estimate of drug-likeness (QED) is 0.0293. The van der Waals surface area contributed by atoms with E-state index in [4.69, 9.17) is 9.47 Å². The fourth-order valence-electron chi connectivity index (χ4n) is 10.7. The second-order valence-electron chi connectivity index (χ2n) is 22.7. The third-order valence-electron chi connectivity index (χ3n) is 15.8. The van der Waals surface area contributed by atoms with Crippen molar-refractivity contribution in [1.29, 1.82) is 0 Å². The minimum Gasteiger partial charge on any atom is -0.394 e. The minimum absolute atomic E-state index is 0.249. The van der Waals surface area contributed by atoms with Gasteiger partial charge in [-0.05, 0) is 12.8 Å². The number of amides is 1. The summed E-state index contributed by atoms with van der Waals surface area (Å²) in [6.45, 7) is 3.73. The fourth-order valence-corrected chi connectivity index (χ4v) is 10.7. The first-order valence-corrected chi connectivity index (χ1v) is 31.8. The van der Waals surface area contributed by atoms with Crippen molar-refractivity contribution in [2.45, 2.75) is 377 Å². The molecule has 0 bridgehead atoms. The van der Waals surface area contributed by atoms with Crippen molar-refractivity contribution in [3.8, 4) is 0 Å². The van der Waals surface area contributed by atoms with Gasteiger partial charge in [-0.1, -0.05) is 316 Å². The molecule has 72 heavy (non-hydrogen) atoms. The van der Waals surface area contributed by atoms with Gasteiger partial charge in [-0.25, -0.2) is 0 Å². The summed E-state index contributed by atoms with van der Waals surface area (Å²) in [5, 5.41) is 65.3. The van der Waals surface area contributed by atoms with Crippen molar-refractivity contribution in [2.75, 3.05) is 13.2 Å². The van der Waals surface area contributed by atoms with Gasteiger partial charge in [0.15, 0.2) is 6.29 Å². The molecule has 1 aliphatic rings. The van der Waals surface area contributed by atoms with E-state index in [1.807, 2.05) is 0 Å². The number of aliphatic hydroxyl groups excluding tert-OH is 6. The number of carbonyl (C=O) groups excluding carboxylic acids is 1. The van der Waals surface area contributed by atoms with Crippen LogP contribution in [-0.4, -0.2) is 98.7 Å². The number of aliphatic hydroxyl groups is 6. The Bertz CT molecular complexity index is 1110. The highest BCUT2D eigenvalue weighted by molar-refractivity contribution is 5.80. The molecule has 1 heterocycles. The van der Waals surface area contributed by atoms with Crippen LogP contribution in [0.5, 0.6) is 0 Å². The molecule has 0 spiro atoms. The van der Waals surface area contributed by atoms with E-state index >= 15 is 0 Å². The van der Waals surface area contributed by atoms with E-state index in [-0.39, 0.29) is 6.61 Å². The zero-order valence-corrected chi connectivity index (χ0v) is 47.6. The smallest absolute Gasteiger partial charge is 0.249 e. The van der Waals surface area contributed by atoms with Gasteiger partial charge in [-0.3, -0.25) is 4.79 Å². The molecule has 1 amide bonds. The molecule has 0 saturated carbocycles. The average Bonchev–Trinajstić information content (AvgIpc) is 3.38.